The van der Waals surface area contributed by atoms with Gasteiger partial charge >= 0.3 is 0 Å². The van der Waals surface area contributed by atoms with E-state index in [2.05, 4.69) is 5.32 Å². The third kappa shape index (κ3) is 5.45. The molecule has 2 aromatic rings. The van der Waals surface area contributed by atoms with Crippen molar-refractivity contribution in [3.63, 3.8) is 0 Å². The fourth-order valence-electron chi connectivity index (χ4n) is 3.79. The normalized spacial score (nSPS) is 15.5. The van der Waals surface area contributed by atoms with Crippen LogP contribution < -0.4 is 20.1 Å². The Morgan fingerprint density at radius 1 is 1.19 bits per heavy atom. The maximum absolute atomic E-state index is 13.1. The molecule has 0 fully saturated rings. The van der Waals surface area contributed by atoms with Gasteiger partial charge in [0.25, 0.3) is 0 Å². The van der Waals surface area contributed by atoms with Crippen LogP contribution in [0.5, 0.6) is 5.75 Å². The molecule has 0 saturated heterocycles. The van der Waals surface area contributed by atoms with E-state index in [1.807, 2.05) is 13.8 Å². The topological polar surface area (TPSA) is 122 Å². The summed E-state index contributed by atoms with van der Waals surface area (Å²) in [6.07, 6.45) is 0.536. The summed E-state index contributed by atoms with van der Waals surface area (Å²) in [5, 5.41) is 8.04. The highest BCUT2D eigenvalue weighted by molar-refractivity contribution is 7.89. The fraction of sp³-hybridized carbons (Fsp3) is 0.364. The lowest BCUT2D eigenvalue weighted by atomic mass is 10.1. The number of carbonyl (C=O) groups is 2. The third-order valence-corrected chi connectivity index (χ3v) is 6.32. The van der Waals surface area contributed by atoms with Crippen LogP contribution in [0.4, 0.5) is 11.4 Å². The molecule has 0 aliphatic carbocycles. The average Bonchev–Trinajstić information content (AvgIpc) is 3.08. The molecule has 0 aromatic heterocycles. The summed E-state index contributed by atoms with van der Waals surface area (Å²) in [4.78, 5) is 29.0. The van der Waals surface area contributed by atoms with Gasteiger partial charge in [-0.2, -0.15) is 0 Å². The number of fused-ring (bicyclic) bond motifs is 1. The smallest absolute Gasteiger partial charge is 0.241 e. The molecular formula is C22H28N4O5S. The van der Waals surface area contributed by atoms with Crippen molar-refractivity contribution in [2.24, 2.45) is 5.14 Å². The molecule has 9 nitrogen and oxygen atoms in total. The molecular weight excluding hydrogens is 432 g/mol. The molecule has 10 heteroatoms. The molecule has 2 amide bonds. The van der Waals surface area contributed by atoms with Crippen molar-refractivity contribution in [2.75, 3.05) is 37.0 Å². The quantitative estimate of drug-likeness (QED) is 0.617. The number of sulfonamides is 1. The number of hydrogen-bond acceptors (Lipinski definition) is 6. The van der Waals surface area contributed by atoms with E-state index >= 15 is 0 Å². The fourth-order valence-corrected chi connectivity index (χ4v) is 4.35. The number of hydrogen-bond donors (Lipinski definition) is 2. The molecule has 3 rings (SSSR count). The predicted octanol–water partition coefficient (Wildman–Crippen LogP) is 1.58. The minimum Gasteiger partial charge on any atom is -0.497 e. The number of rotatable bonds is 8. The second-order valence-electron chi connectivity index (χ2n) is 7.73. The lowest BCUT2D eigenvalue weighted by Crippen LogP contribution is -2.45. The van der Waals surface area contributed by atoms with Crippen molar-refractivity contribution in [3.05, 3.63) is 48.0 Å². The van der Waals surface area contributed by atoms with Gasteiger partial charge in [-0.1, -0.05) is 6.92 Å². The SMILES string of the molecule is CCN(CC(=O)Nc1ccc(OC)cc1)CC(=O)N1c2ccc(S(N)(=O)=O)cc2C[C@@H]1C. The van der Waals surface area contributed by atoms with Gasteiger partial charge in [0.15, 0.2) is 0 Å². The molecule has 0 saturated carbocycles. The maximum Gasteiger partial charge on any atom is 0.241 e. The zero-order valence-corrected chi connectivity index (χ0v) is 19.2. The number of nitrogens with zero attached hydrogens (tertiary/aromatic N) is 2. The molecule has 172 valence electrons. The van der Waals surface area contributed by atoms with Crippen LogP contribution >= 0.6 is 0 Å². The number of primary sulfonamides is 1. The molecule has 1 heterocycles. The number of methoxy groups -OCH3 is 1. The van der Waals surface area contributed by atoms with Crippen molar-refractivity contribution in [2.45, 2.75) is 31.2 Å². The molecule has 0 radical (unpaired) electrons. The number of ether oxygens (including phenoxy) is 1. The van der Waals surface area contributed by atoms with Crippen molar-refractivity contribution in [1.82, 2.24) is 4.90 Å². The van der Waals surface area contributed by atoms with Gasteiger partial charge in [-0.25, -0.2) is 13.6 Å². The minimum atomic E-state index is -3.81. The number of nitrogens with one attached hydrogen (secondary N) is 1. The molecule has 1 aliphatic heterocycles. The van der Waals surface area contributed by atoms with E-state index in [9.17, 15) is 18.0 Å². The van der Waals surface area contributed by atoms with Gasteiger partial charge in [-0.15, -0.1) is 0 Å². The Labute approximate surface area is 188 Å². The Balaban J connectivity index is 1.65. The van der Waals surface area contributed by atoms with Crippen LogP contribution in [-0.2, 0) is 26.0 Å². The Morgan fingerprint density at radius 3 is 2.47 bits per heavy atom. The van der Waals surface area contributed by atoms with E-state index in [4.69, 9.17) is 9.88 Å². The number of likely N-dealkylation sites (N-methyl/N-ethyl adjacent to an activating group) is 1. The van der Waals surface area contributed by atoms with E-state index in [0.717, 1.165) is 5.56 Å². The molecule has 0 unspecified atom stereocenters. The highest BCUT2D eigenvalue weighted by Crippen LogP contribution is 2.33. The van der Waals surface area contributed by atoms with Crippen LogP contribution in [-0.4, -0.2) is 57.9 Å². The highest BCUT2D eigenvalue weighted by Gasteiger charge is 2.32. The number of benzene rings is 2. The molecule has 3 N–H and O–H groups in total. The third-order valence-electron chi connectivity index (χ3n) is 5.41. The van der Waals surface area contributed by atoms with Crippen LogP contribution in [0.3, 0.4) is 0 Å². The summed E-state index contributed by atoms with van der Waals surface area (Å²) in [5.74, 6) is 0.316. The average molecular weight is 461 g/mol. The summed E-state index contributed by atoms with van der Waals surface area (Å²) in [6, 6.07) is 11.4. The summed E-state index contributed by atoms with van der Waals surface area (Å²) in [6.45, 7) is 4.43. The van der Waals surface area contributed by atoms with Gasteiger partial charge in [0.1, 0.15) is 5.75 Å². The van der Waals surface area contributed by atoms with E-state index in [1.165, 1.54) is 12.1 Å². The van der Waals surface area contributed by atoms with Crippen molar-refractivity contribution in [1.29, 1.82) is 0 Å². The van der Waals surface area contributed by atoms with Gasteiger partial charge in [-0.05, 0) is 67.9 Å². The molecule has 0 bridgehead atoms. The Morgan fingerprint density at radius 2 is 1.88 bits per heavy atom. The second kappa shape index (κ2) is 9.68. The van der Waals surface area contributed by atoms with Gasteiger partial charge < -0.3 is 15.0 Å². The largest absolute Gasteiger partial charge is 0.497 e. The Bertz CT molecular complexity index is 1100. The molecule has 32 heavy (non-hydrogen) atoms. The first-order valence-corrected chi connectivity index (χ1v) is 11.8. The predicted molar refractivity (Wildman–Crippen MR) is 122 cm³/mol. The monoisotopic (exact) mass is 460 g/mol. The number of amides is 2. The lowest BCUT2D eigenvalue weighted by Gasteiger charge is -2.27. The van der Waals surface area contributed by atoms with E-state index < -0.39 is 10.0 Å². The zero-order chi connectivity index (χ0) is 23.5. The summed E-state index contributed by atoms with van der Waals surface area (Å²) >= 11 is 0. The van der Waals surface area contributed by atoms with Crippen molar-refractivity contribution >= 4 is 33.2 Å². The number of anilines is 2. The Hall–Kier alpha value is -2.95. The van der Waals surface area contributed by atoms with Gasteiger partial charge in [0.05, 0.1) is 25.1 Å². The summed E-state index contributed by atoms with van der Waals surface area (Å²) in [5.41, 5.74) is 2.08. The zero-order valence-electron chi connectivity index (χ0n) is 18.4. The minimum absolute atomic E-state index is 0.0307. The first-order chi connectivity index (χ1) is 15.1. The van der Waals surface area contributed by atoms with Crippen LogP contribution in [0, 0.1) is 0 Å². The molecule has 0 spiro atoms. The van der Waals surface area contributed by atoms with E-state index in [0.29, 0.717) is 30.1 Å². The molecule has 1 aliphatic rings. The Kier molecular flexibility index (Phi) is 7.17. The number of nitrogens with two attached hydrogens (primary N) is 1. The molecule has 1 atom stereocenters. The van der Waals surface area contributed by atoms with Gasteiger partial charge in [0, 0.05) is 17.4 Å². The van der Waals surface area contributed by atoms with Crippen LogP contribution in [0.1, 0.15) is 19.4 Å². The number of carbonyl (C=O) groups excluding carboxylic acids is 2. The maximum atomic E-state index is 13.1. The standard InChI is InChI=1S/C22H28N4O5S/c1-4-25(13-21(27)24-17-5-7-18(31-3)8-6-17)14-22(28)26-15(2)11-16-12-19(32(23,29)30)9-10-20(16)26/h5-10,12,15H,4,11,13-14H2,1-3H3,(H,24,27)(H2,23,29,30)/t15-/m0/s1. The van der Waals surface area contributed by atoms with Crippen LogP contribution in [0.15, 0.2) is 47.4 Å². The first-order valence-electron chi connectivity index (χ1n) is 10.3. The van der Waals surface area contributed by atoms with E-state index in [1.54, 1.807) is 47.2 Å². The lowest BCUT2D eigenvalue weighted by molar-refractivity contribution is -0.121. The van der Waals surface area contributed by atoms with E-state index in [-0.39, 0.29) is 35.8 Å². The molecule has 2 aromatic carbocycles. The van der Waals surface area contributed by atoms with Gasteiger partial charge in [0.2, 0.25) is 21.8 Å². The summed E-state index contributed by atoms with van der Waals surface area (Å²) in [7, 11) is -2.24. The first kappa shape index (κ1) is 23.7. The van der Waals surface area contributed by atoms with Crippen LogP contribution in [0.25, 0.3) is 0 Å². The van der Waals surface area contributed by atoms with Crippen molar-refractivity contribution < 1.29 is 22.7 Å². The summed E-state index contributed by atoms with van der Waals surface area (Å²) < 4.78 is 28.4. The van der Waals surface area contributed by atoms with Gasteiger partial charge in [-0.3, -0.25) is 14.5 Å². The second-order valence-corrected chi connectivity index (χ2v) is 9.29. The van der Waals surface area contributed by atoms with Crippen molar-refractivity contribution in [3.8, 4) is 5.75 Å². The van der Waals surface area contributed by atoms with Crippen LogP contribution in [0.2, 0.25) is 0 Å². The highest BCUT2D eigenvalue weighted by atomic mass is 32.2.